The predicted octanol–water partition coefficient (Wildman–Crippen LogP) is 3.01. The lowest BCUT2D eigenvalue weighted by Gasteiger charge is -2.02. The number of benzene rings is 1. The fourth-order valence-electron chi connectivity index (χ4n) is 1.11. The third-order valence-corrected chi connectivity index (χ3v) is 1.84. The van der Waals surface area contributed by atoms with Gasteiger partial charge in [0.25, 0.3) is 0 Å². The average molecular weight is 250 g/mol. The van der Waals surface area contributed by atoms with Crippen LogP contribution < -0.4 is 0 Å². The minimum absolute atomic E-state index is 0.0210. The van der Waals surface area contributed by atoms with Crippen LogP contribution in [0.1, 0.15) is 12.5 Å². The Hall–Kier alpha value is -2.30. The SMILES string of the molecule is CCOC(=O)OC(=O)OC/C=C/c1ccccc1. The maximum absolute atomic E-state index is 11.0. The predicted molar refractivity (Wildman–Crippen MR) is 64.9 cm³/mol. The molecule has 5 nitrogen and oxygen atoms in total. The van der Waals surface area contributed by atoms with Gasteiger partial charge in [-0.05, 0) is 18.6 Å². The molecule has 0 N–H and O–H groups in total. The van der Waals surface area contributed by atoms with E-state index in [1.165, 1.54) is 0 Å². The van der Waals surface area contributed by atoms with Gasteiger partial charge in [-0.2, -0.15) is 0 Å². The van der Waals surface area contributed by atoms with E-state index in [1.807, 2.05) is 30.3 Å². The largest absolute Gasteiger partial charge is 0.518 e. The zero-order valence-corrected chi connectivity index (χ0v) is 10.00. The molecule has 96 valence electrons. The molecule has 1 aromatic rings. The van der Waals surface area contributed by atoms with Crippen molar-refractivity contribution in [2.75, 3.05) is 13.2 Å². The highest BCUT2D eigenvalue weighted by Crippen LogP contribution is 2.00. The molecule has 0 aliphatic rings. The summed E-state index contributed by atoms with van der Waals surface area (Å²) < 4.78 is 13.2. The van der Waals surface area contributed by atoms with Crippen LogP contribution in [0.15, 0.2) is 36.4 Å². The minimum Gasteiger partial charge on any atom is -0.434 e. The molecule has 0 saturated carbocycles. The van der Waals surface area contributed by atoms with Gasteiger partial charge in [0, 0.05) is 0 Å². The van der Waals surface area contributed by atoms with Gasteiger partial charge in [-0.15, -0.1) is 0 Å². The van der Waals surface area contributed by atoms with E-state index in [0.717, 1.165) is 5.56 Å². The van der Waals surface area contributed by atoms with E-state index in [2.05, 4.69) is 14.2 Å². The van der Waals surface area contributed by atoms with Gasteiger partial charge >= 0.3 is 12.3 Å². The van der Waals surface area contributed by atoms with Crippen molar-refractivity contribution in [3.8, 4) is 0 Å². The Balaban J connectivity index is 2.23. The smallest absolute Gasteiger partial charge is 0.434 e. The van der Waals surface area contributed by atoms with Crippen LogP contribution in [0.25, 0.3) is 6.08 Å². The molecule has 0 atom stereocenters. The zero-order chi connectivity index (χ0) is 13.2. The third-order valence-electron chi connectivity index (χ3n) is 1.84. The number of hydrogen-bond donors (Lipinski definition) is 0. The molecular formula is C13H14O5. The number of rotatable bonds is 4. The molecule has 0 spiro atoms. The summed E-state index contributed by atoms with van der Waals surface area (Å²) in [5.41, 5.74) is 0.986. The first-order valence-electron chi connectivity index (χ1n) is 5.45. The summed E-state index contributed by atoms with van der Waals surface area (Å²) in [4.78, 5) is 21.7. The Morgan fingerprint density at radius 3 is 2.44 bits per heavy atom. The maximum atomic E-state index is 11.0. The normalized spacial score (nSPS) is 10.1. The molecule has 18 heavy (non-hydrogen) atoms. The zero-order valence-electron chi connectivity index (χ0n) is 10.00. The number of carbonyl (C=O) groups is 2. The summed E-state index contributed by atoms with van der Waals surface area (Å²) in [7, 11) is 0. The van der Waals surface area contributed by atoms with Crippen LogP contribution in [-0.2, 0) is 14.2 Å². The molecule has 0 saturated heterocycles. The fraction of sp³-hybridized carbons (Fsp3) is 0.231. The van der Waals surface area contributed by atoms with Crippen molar-refractivity contribution in [1.29, 1.82) is 0 Å². The third kappa shape index (κ3) is 5.69. The molecule has 0 amide bonds. The molecule has 1 aromatic carbocycles. The van der Waals surface area contributed by atoms with Crippen LogP contribution in [0.2, 0.25) is 0 Å². The lowest BCUT2D eigenvalue weighted by molar-refractivity contribution is 0.0433. The highest BCUT2D eigenvalue weighted by Gasteiger charge is 2.11. The Morgan fingerprint density at radius 1 is 1.11 bits per heavy atom. The van der Waals surface area contributed by atoms with Gasteiger partial charge in [-0.3, -0.25) is 0 Å². The molecule has 0 radical (unpaired) electrons. The molecule has 0 aliphatic heterocycles. The second-order valence-corrected chi connectivity index (χ2v) is 3.16. The molecule has 0 fully saturated rings. The maximum Gasteiger partial charge on any atom is 0.518 e. The molecule has 0 bridgehead atoms. The first-order valence-corrected chi connectivity index (χ1v) is 5.45. The molecular weight excluding hydrogens is 236 g/mol. The average Bonchev–Trinajstić information content (AvgIpc) is 2.36. The quantitative estimate of drug-likeness (QED) is 0.607. The standard InChI is InChI=1S/C13H14O5/c1-2-16-12(14)18-13(15)17-10-6-9-11-7-4-3-5-8-11/h3-9H,2,10H2,1H3/b9-6+. The summed E-state index contributed by atoms with van der Waals surface area (Å²) in [6, 6.07) is 9.52. The van der Waals surface area contributed by atoms with Crippen LogP contribution in [-0.4, -0.2) is 25.5 Å². The molecule has 0 unspecified atom stereocenters. The van der Waals surface area contributed by atoms with Gasteiger partial charge in [-0.25, -0.2) is 9.59 Å². The van der Waals surface area contributed by atoms with Gasteiger partial charge in [0.2, 0.25) is 0 Å². The Bertz CT molecular complexity index is 411. The fourth-order valence-corrected chi connectivity index (χ4v) is 1.11. The van der Waals surface area contributed by atoms with E-state index >= 15 is 0 Å². The summed E-state index contributed by atoms with van der Waals surface area (Å²) in [5, 5.41) is 0. The lowest BCUT2D eigenvalue weighted by atomic mass is 10.2. The Labute approximate surface area is 105 Å². The van der Waals surface area contributed by atoms with Crippen molar-refractivity contribution in [2.45, 2.75) is 6.92 Å². The van der Waals surface area contributed by atoms with E-state index < -0.39 is 12.3 Å². The van der Waals surface area contributed by atoms with Crippen molar-refractivity contribution >= 4 is 18.4 Å². The van der Waals surface area contributed by atoms with E-state index in [0.29, 0.717) is 0 Å². The van der Waals surface area contributed by atoms with Gasteiger partial charge in [0.15, 0.2) is 0 Å². The van der Waals surface area contributed by atoms with E-state index in [-0.39, 0.29) is 13.2 Å². The molecule has 0 aromatic heterocycles. The van der Waals surface area contributed by atoms with Crippen molar-refractivity contribution in [2.24, 2.45) is 0 Å². The van der Waals surface area contributed by atoms with Gasteiger partial charge in [0.1, 0.15) is 6.61 Å². The summed E-state index contributed by atoms with van der Waals surface area (Å²) in [5.74, 6) is 0. The van der Waals surface area contributed by atoms with Gasteiger partial charge in [-0.1, -0.05) is 36.4 Å². The van der Waals surface area contributed by atoms with Crippen LogP contribution in [0.4, 0.5) is 9.59 Å². The number of carbonyl (C=O) groups excluding carboxylic acids is 2. The highest BCUT2D eigenvalue weighted by atomic mass is 16.8. The summed E-state index contributed by atoms with van der Waals surface area (Å²) in [6.07, 6.45) is 1.29. The number of hydrogen-bond acceptors (Lipinski definition) is 5. The second kappa shape index (κ2) is 7.89. The lowest BCUT2D eigenvalue weighted by Crippen LogP contribution is -2.14. The molecule has 1 rings (SSSR count). The van der Waals surface area contributed by atoms with Crippen LogP contribution in [0, 0.1) is 0 Å². The van der Waals surface area contributed by atoms with Gasteiger partial charge in [0.05, 0.1) is 6.61 Å². The second-order valence-electron chi connectivity index (χ2n) is 3.16. The topological polar surface area (TPSA) is 61.8 Å². The highest BCUT2D eigenvalue weighted by molar-refractivity contribution is 5.76. The Kier molecular flexibility index (Phi) is 6.03. The number of ether oxygens (including phenoxy) is 3. The first-order chi connectivity index (χ1) is 8.72. The van der Waals surface area contributed by atoms with Crippen molar-refractivity contribution in [1.82, 2.24) is 0 Å². The van der Waals surface area contributed by atoms with Crippen LogP contribution in [0.5, 0.6) is 0 Å². The van der Waals surface area contributed by atoms with E-state index in [1.54, 1.807) is 19.1 Å². The monoisotopic (exact) mass is 250 g/mol. The van der Waals surface area contributed by atoms with Crippen molar-refractivity contribution < 1.29 is 23.8 Å². The summed E-state index contributed by atoms with van der Waals surface area (Å²) >= 11 is 0. The Morgan fingerprint density at radius 2 is 1.78 bits per heavy atom. The minimum atomic E-state index is -1.08. The van der Waals surface area contributed by atoms with E-state index in [4.69, 9.17) is 0 Å². The molecule has 5 heteroatoms. The van der Waals surface area contributed by atoms with Crippen molar-refractivity contribution in [3.63, 3.8) is 0 Å². The molecule has 0 heterocycles. The van der Waals surface area contributed by atoms with Crippen LogP contribution in [0.3, 0.4) is 0 Å². The summed E-state index contributed by atoms with van der Waals surface area (Å²) in [6.45, 7) is 1.77. The van der Waals surface area contributed by atoms with Crippen molar-refractivity contribution in [3.05, 3.63) is 42.0 Å². The van der Waals surface area contributed by atoms with Gasteiger partial charge < -0.3 is 14.2 Å². The molecule has 0 aliphatic carbocycles. The van der Waals surface area contributed by atoms with Crippen LogP contribution >= 0.6 is 0 Å². The van der Waals surface area contributed by atoms with E-state index in [9.17, 15) is 9.59 Å². The first kappa shape index (κ1) is 13.8.